The maximum absolute atomic E-state index is 13.7. The number of carbonyl (C=O) groups is 1. The summed E-state index contributed by atoms with van der Waals surface area (Å²) >= 11 is 0. The van der Waals surface area contributed by atoms with E-state index in [1.165, 1.54) is 31.7 Å². The first-order valence-electron chi connectivity index (χ1n) is 8.00. The third-order valence-corrected chi connectivity index (χ3v) is 6.22. The number of carbonyl (C=O) groups excluding carboxylic acids is 1. The molecule has 2 atom stereocenters. The summed E-state index contributed by atoms with van der Waals surface area (Å²) in [6.07, 6.45) is 3.26. The van der Waals surface area contributed by atoms with Gasteiger partial charge in [-0.1, -0.05) is 20.8 Å². The Hall–Kier alpha value is -1.91. The van der Waals surface area contributed by atoms with Crippen LogP contribution in [-0.2, 0) is 0 Å². The molecule has 2 saturated carbocycles. The number of halogens is 1. The molecule has 5 heteroatoms. The quantitative estimate of drug-likeness (QED) is 0.863. The van der Waals surface area contributed by atoms with Crippen LogP contribution in [0.25, 0.3) is 0 Å². The van der Waals surface area contributed by atoms with Gasteiger partial charge in [0.1, 0.15) is 0 Å². The van der Waals surface area contributed by atoms with Crippen LogP contribution >= 0.6 is 0 Å². The molecule has 3 rings (SSSR count). The first kappa shape index (κ1) is 16.0. The van der Waals surface area contributed by atoms with E-state index in [1.54, 1.807) is 0 Å². The van der Waals surface area contributed by atoms with Gasteiger partial charge < -0.3 is 4.74 Å². The van der Waals surface area contributed by atoms with E-state index < -0.39 is 11.7 Å². The molecular formula is C18H23FN2O2. The van der Waals surface area contributed by atoms with Crippen molar-refractivity contribution >= 4 is 11.6 Å². The van der Waals surface area contributed by atoms with Gasteiger partial charge in [-0.3, -0.25) is 4.79 Å². The Morgan fingerprint density at radius 2 is 2.13 bits per heavy atom. The molecule has 1 aromatic carbocycles. The lowest BCUT2D eigenvalue weighted by molar-refractivity contribution is 0.0953. The molecule has 2 fully saturated rings. The van der Waals surface area contributed by atoms with Crippen molar-refractivity contribution in [2.24, 2.45) is 21.8 Å². The number of fused-ring (bicyclic) bond motifs is 2. The van der Waals surface area contributed by atoms with Crippen LogP contribution in [0.3, 0.4) is 0 Å². The zero-order valence-corrected chi connectivity index (χ0v) is 14.1. The standard InChI is InChI=1S/C18H23FN2O2/c1-17(2)12-7-8-18(17,3)15(10-12)20-21-16(22)11-5-6-14(23-4)13(19)9-11/h5-6,9,12H,7-8,10H2,1-4H3,(H,21,22)/b20-15-/t12-,18+/m0/s1. The minimum absolute atomic E-state index is 0.0378. The van der Waals surface area contributed by atoms with Gasteiger partial charge in [0.15, 0.2) is 11.6 Å². The van der Waals surface area contributed by atoms with Crippen molar-refractivity contribution in [2.75, 3.05) is 7.11 Å². The zero-order chi connectivity index (χ0) is 16.8. The van der Waals surface area contributed by atoms with Gasteiger partial charge in [0, 0.05) is 16.7 Å². The summed E-state index contributed by atoms with van der Waals surface area (Å²) in [4.78, 5) is 12.2. The topological polar surface area (TPSA) is 50.7 Å². The molecule has 0 heterocycles. The molecule has 0 aromatic heterocycles. The van der Waals surface area contributed by atoms with Crippen LogP contribution in [0, 0.1) is 22.6 Å². The lowest BCUT2D eigenvalue weighted by Gasteiger charge is -2.34. The van der Waals surface area contributed by atoms with E-state index >= 15 is 0 Å². The second-order valence-electron chi connectivity index (χ2n) is 7.34. The SMILES string of the molecule is COc1ccc(C(=O)N/N=C2/C[C@@H]3CC[C@@]2(C)C3(C)C)cc1F. The highest BCUT2D eigenvalue weighted by atomic mass is 19.1. The Labute approximate surface area is 136 Å². The molecule has 124 valence electrons. The van der Waals surface area contributed by atoms with Gasteiger partial charge >= 0.3 is 0 Å². The molecule has 0 spiro atoms. The number of ether oxygens (including phenoxy) is 1. The fraction of sp³-hybridized carbons (Fsp3) is 0.556. The number of hydrazone groups is 1. The van der Waals surface area contributed by atoms with Crippen LogP contribution in [0.2, 0.25) is 0 Å². The van der Waals surface area contributed by atoms with Gasteiger partial charge in [-0.25, -0.2) is 9.82 Å². The number of nitrogens with one attached hydrogen (secondary N) is 1. The molecule has 0 saturated heterocycles. The predicted molar refractivity (Wildman–Crippen MR) is 87.1 cm³/mol. The lowest BCUT2D eigenvalue weighted by Crippen LogP contribution is -2.34. The summed E-state index contributed by atoms with van der Waals surface area (Å²) in [5.41, 5.74) is 4.14. The number of benzene rings is 1. The second-order valence-corrected chi connectivity index (χ2v) is 7.34. The molecule has 0 radical (unpaired) electrons. The van der Waals surface area contributed by atoms with Gasteiger partial charge in [0.05, 0.1) is 7.11 Å². The molecule has 23 heavy (non-hydrogen) atoms. The predicted octanol–water partition coefficient (Wildman–Crippen LogP) is 3.77. The number of methoxy groups -OCH3 is 1. The van der Waals surface area contributed by atoms with Crippen molar-refractivity contribution in [1.82, 2.24) is 5.43 Å². The highest BCUT2D eigenvalue weighted by Crippen LogP contribution is 2.63. The normalized spacial score (nSPS) is 29.8. The molecule has 1 amide bonds. The number of hydrogen-bond donors (Lipinski definition) is 1. The molecule has 2 aliphatic carbocycles. The number of amides is 1. The molecule has 1 aromatic rings. The fourth-order valence-corrected chi connectivity index (χ4v) is 4.09. The third kappa shape index (κ3) is 2.33. The third-order valence-electron chi connectivity index (χ3n) is 6.22. The molecule has 2 aliphatic rings. The molecule has 1 N–H and O–H groups in total. The minimum Gasteiger partial charge on any atom is -0.494 e. The largest absolute Gasteiger partial charge is 0.494 e. The fourth-order valence-electron chi connectivity index (χ4n) is 4.09. The average Bonchev–Trinajstić information content (AvgIpc) is 2.85. The van der Waals surface area contributed by atoms with Crippen molar-refractivity contribution in [1.29, 1.82) is 0 Å². The summed E-state index contributed by atoms with van der Waals surface area (Å²) in [6, 6.07) is 4.14. The Morgan fingerprint density at radius 3 is 2.65 bits per heavy atom. The summed E-state index contributed by atoms with van der Waals surface area (Å²) < 4.78 is 18.6. The molecule has 0 unspecified atom stereocenters. The van der Waals surface area contributed by atoms with E-state index in [1.807, 2.05) is 0 Å². The van der Waals surface area contributed by atoms with Gasteiger partial charge in [-0.2, -0.15) is 5.10 Å². The van der Waals surface area contributed by atoms with Crippen LogP contribution < -0.4 is 10.2 Å². The molecule has 2 bridgehead atoms. The van der Waals surface area contributed by atoms with Crippen LogP contribution in [0.4, 0.5) is 4.39 Å². The maximum Gasteiger partial charge on any atom is 0.271 e. The number of hydrogen-bond acceptors (Lipinski definition) is 3. The van der Waals surface area contributed by atoms with Crippen LogP contribution in [0.5, 0.6) is 5.75 Å². The Bertz CT molecular complexity index is 684. The Morgan fingerprint density at radius 1 is 1.39 bits per heavy atom. The van der Waals surface area contributed by atoms with Crippen molar-refractivity contribution in [3.63, 3.8) is 0 Å². The first-order valence-corrected chi connectivity index (χ1v) is 8.00. The van der Waals surface area contributed by atoms with Crippen LogP contribution in [-0.4, -0.2) is 18.7 Å². The van der Waals surface area contributed by atoms with Crippen LogP contribution in [0.1, 0.15) is 50.4 Å². The number of rotatable bonds is 3. The van der Waals surface area contributed by atoms with E-state index in [0.29, 0.717) is 5.92 Å². The smallest absolute Gasteiger partial charge is 0.271 e. The Kier molecular flexibility index (Phi) is 3.69. The van der Waals surface area contributed by atoms with Crippen molar-refractivity contribution < 1.29 is 13.9 Å². The first-order chi connectivity index (χ1) is 10.8. The van der Waals surface area contributed by atoms with Gasteiger partial charge in [-0.05, 0) is 48.8 Å². The summed E-state index contributed by atoms with van der Waals surface area (Å²) in [5.74, 6) is -0.208. The van der Waals surface area contributed by atoms with Crippen LogP contribution in [0.15, 0.2) is 23.3 Å². The summed E-state index contributed by atoms with van der Waals surface area (Å²) in [6.45, 7) is 6.81. The van der Waals surface area contributed by atoms with Crippen molar-refractivity contribution in [3.8, 4) is 5.75 Å². The van der Waals surface area contributed by atoms with E-state index in [-0.39, 0.29) is 22.1 Å². The summed E-state index contributed by atoms with van der Waals surface area (Å²) in [5, 5.41) is 4.39. The molecular weight excluding hydrogens is 295 g/mol. The van der Waals surface area contributed by atoms with Crippen molar-refractivity contribution in [2.45, 2.75) is 40.0 Å². The monoisotopic (exact) mass is 318 g/mol. The molecule has 4 nitrogen and oxygen atoms in total. The van der Waals surface area contributed by atoms with E-state index in [4.69, 9.17) is 4.74 Å². The highest BCUT2D eigenvalue weighted by molar-refractivity contribution is 5.98. The highest BCUT2D eigenvalue weighted by Gasteiger charge is 2.60. The lowest BCUT2D eigenvalue weighted by atomic mass is 9.70. The van der Waals surface area contributed by atoms with Gasteiger partial charge in [-0.15, -0.1) is 0 Å². The van der Waals surface area contributed by atoms with Gasteiger partial charge in [0.2, 0.25) is 0 Å². The average molecular weight is 318 g/mol. The van der Waals surface area contributed by atoms with E-state index in [9.17, 15) is 9.18 Å². The van der Waals surface area contributed by atoms with Crippen molar-refractivity contribution in [3.05, 3.63) is 29.6 Å². The van der Waals surface area contributed by atoms with E-state index in [2.05, 4.69) is 31.3 Å². The second kappa shape index (κ2) is 5.32. The minimum atomic E-state index is -0.555. The summed E-state index contributed by atoms with van der Waals surface area (Å²) in [7, 11) is 1.39. The number of nitrogens with zero attached hydrogens (tertiary/aromatic N) is 1. The van der Waals surface area contributed by atoms with E-state index in [0.717, 1.165) is 18.6 Å². The van der Waals surface area contributed by atoms with Gasteiger partial charge in [0.25, 0.3) is 5.91 Å². The Balaban J connectivity index is 1.76. The zero-order valence-electron chi connectivity index (χ0n) is 14.1. The maximum atomic E-state index is 13.7. The molecule has 0 aliphatic heterocycles.